The highest BCUT2D eigenvalue weighted by atomic mass is 19.1. The van der Waals surface area contributed by atoms with Gasteiger partial charge in [0, 0.05) is 18.7 Å². The second kappa shape index (κ2) is 7.17. The van der Waals surface area contributed by atoms with Gasteiger partial charge in [0.25, 0.3) is 5.91 Å². The van der Waals surface area contributed by atoms with Crippen LogP contribution in [0.2, 0.25) is 0 Å². The smallest absolute Gasteiger partial charge is 0.254 e. The van der Waals surface area contributed by atoms with Crippen LogP contribution in [-0.4, -0.2) is 54.1 Å². The molecule has 1 heterocycles. The van der Waals surface area contributed by atoms with E-state index < -0.39 is 11.6 Å². The normalized spacial score (nSPS) is 23.3. The summed E-state index contributed by atoms with van der Waals surface area (Å²) in [5, 5.41) is 11.0. The Balaban J connectivity index is 1.86. The van der Waals surface area contributed by atoms with Crippen molar-refractivity contribution < 1.29 is 14.3 Å². The van der Waals surface area contributed by atoms with Crippen molar-refractivity contribution in [2.24, 2.45) is 0 Å². The Labute approximate surface area is 153 Å². The lowest BCUT2D eigenvalue weighted by Gasteiger charge is -2.49. The molecule has 3 rings (SSSR count). The number of hydrogen-bond donors (Lipinski definition) is 1. The van der Waals surface area contributed by atoms with E-state index in [-0.39, 0.29) is 18.3 Å². The van der Waals surface area contributed by atoms with Crippen molar-refractivity contribution in [1.82, 2.24) is 9.80 Å². The highest BCUT2D eigenvalue weighted by molar-refractivity contribution is 5.95. The maximum Gasteiger partial charge on any atom is 0.254 e. The van der Waals surface area contributed by atoms with E-state index in [0.717, 1.165) is 5.56 Å². The van der Waals surface area contributed by atoms with Crippen LogP contribution in [0.1, 0.15) is 27.9 Å². The quantitative estimate of drug-likeness (QED) is 0.920. The number of amides is 1. The van der Waals surface area contributed by atoms with Crippen LogP contribution in [0.3, 0.4) is 0 Å². The van der Waals surface area contributed by atoms with Crippen LogP contribution in [-0.2, 0) is 5.54 Å². The van der Waals surface area contributed by atoms with Gasteiger partial charge in [0.05, 0.1) is 11.6 Å². The maximum absolute atomic E-state index is 13.3. The predicted octanol–water partition coefficient (Wildman–Crippen LogP) is 2.80. The van der Waals surface area contributed by atoms with Crippen LogP contribution in [0.5, 0.6) is 0 Å². The number of aliphatic hydroxyl groups is 1. The lowest BCUT2D eigenvalue weighted by Crippen LogP contribution is -2.60. The van der Waals surface area contributed by atoms with Gasteiger partial charge in [-0.1, -0.05) is 30.3 Å². The van der Waals surface area contributed by atoms with Gasteiger partial charge in [-0.25, -0.2) is 4.39 Å². The summed E-state index contributed by atoms with van der Waals surface area (Å²) in [7, 11) is 3.91. The summed E-state index contributed by atoms with van der Waals surface area (Å²) in [6, 6.07) is 14.1. The van der Waals surface area contributed by atoms with E-state index in [1.54, 1.807) is 11.8 Å². The van der Waals surface area contributed by atoms with E-state index in [9.17, 15) is 14.3 Å². The van der Waals surface area contributed by atoms with Crippen molar-refractivity contribution in [2.75, 3.05) is 27.2 Å². The molecule has 0 radical (unpaired) electrons. The standard InChI is InChI=1S/C21H25FN2O2/c1-15-13-17(22)9-10-18(15)20(26)24-12-11-21(23(2)3,19(25)14-24)16-7-5-4-6-8-16/h4-10,13,19,25H,11-12,14H2,1-3H3/t19-,21+/m1/s1. The molecule has 1 fully saturated rings. The van der Waals surface area contributed by atoms with Crippen molar-refractivity contribution in [1.29, 1.82) is 0 Å². The number of hydrogen-bond acceptors (Lipinski definition) is 3. The fourth-order valence-corrected chi connectivity index (χ4v) is 3.99. The van der Waals surface area contributed by atoms with Crippen molar-refractivity contribution in [3.8, 4) is 0 Å². The van der Waals surface area contributed by atoms with Gasteiger partial charge in [0.15, 0.2) is 0 Å². The molecular formula is C21H25FN2O2. The topological polar surface area (TPSA) is 43.8 Å². The van der Waals surface area contributed by atoms with E-state index in [1.807, 2.05) is 49.3 Å². The minimum absolute atomic E-state index is 0.165. The molecule has 138 valence electrons. The van der Waals surface area contributed by atoms with E-state index in [4.69, 9.17) is 0 Å². The molecule has 5 heteroatoms. The Morgan fingerprint density at radius 2 is 1.92 bits per heavy atom. The molecule has 0 saturated carbocycles. The Hall–Kier alpha value is -2.24. The Bertz CT molecular complexity index is 794. The molecular weight excluding hydrogens is 331 g/mol. The Morgan fingerprint density at radius 1 is 1.23 bits per heavy atom. The molecule has 2 aromatic rings. The number of aliphatic hydroxyl groups excluding tert-OH is 1. The molecule has 1 N–H and O–H groups in total. The summed E-state index contributed by atoms with van der Waals surface area (Å²) >= 11 is 0. The summed E-state index contributed by atoms with van der Waals surface area (Å²) in [5.41, 5.74) is 1.60. The number of aryl methyl sites for hydroxylation is 1. The summed E-state index contributed by atoms with van der Waals surface area (Å²) in [6.45, 7) is 2.49. The number of likely N-dealkylation sites (tertiary alicyclic amines) is 1. The van der Waals surface area contributed by atoms with Crippen LogP contribution in [0.4, 0.5) is 4.39 Å². The van der Waals surface area contributed by atoms with Gasteiger partial charge in [-0.2, -0.15) is 0 Å². The molecule has 0 aromatic heterocycles. The number of likely N-dealkylation sites (N-methyl/N-ethyl adjacent to an activating group) is 1. The SMILES string of the molecule is Cc1cc(F)ccc1C(=O)N1CC[C@@](c2ccccc2)(N(C)C)[C@H](O)C1. The summed E-state index contributed by atoms with van der Waals surface area (Å²) < 4.78 is 13.3. The summed E-state index contributed by atoms with van der Waals surface area (Å²) in [6.07, 6.45) is -0.102. The number of piperidine rings is 1. The third kappa shape index (κ3) is 3.13. The molecule has 0 bridgehead atoms. The molecule has 26 heavy (non-hydrogen) atoms. The molecule has 2 atom stereocenters. The highest BCUT2D eigenvalue weighted by Gasteiger charge is 2.46. The molecule has 2 aromatic carbocycles. The largest absolute Gasteiger partial charge is 0.389 e. The highest BCUT2D eigenvalue weighted by Crippen LogP contribution is 2.38. The fraction of sp³-hybridized carbons (Fsp3) is 0.381. The average Bonchev–Trinajstić information content (AvgIpc) is 2.61. The van der Waals surface area contributed by atoms with Crippen LogP contribution in [0.15, 0.2) is 48.5 Å². The van der Waals surface area contributed by atoms with Gasteiger partial charge in [0.2, 0.25) is 0 Å². The third-order valence-electron chi connectivity index (χ3n) is 5.49. The first kappa shape index (κ1) is 18.5. The molecule has 1 amide bonds. The Kier molecular flexibility index (Phi) is 5.12. The van der Waals surface area contributed by atoms with E-state index in [1.165, 1.54) is 18.2 Å². The van der Waals surface area contributed by atoms with Gasteiger partial charge in [0.1, 0.15) is 5.82 Å². The van der Waals surface area contributed by atoms with E-state index in [2.05, 4.69) is 0 Å². The molecule has 0 unspecified atom stereocenters. The second-order valence-electron chi connectivity index (χ2n) is 7.16. The van der Waals surface area contributed by atoms with Gasteiger partial charge in [-0.05, 0) is 56.8 Å². The van der Waals surface area contributed by atoms with Crippen molar-refractivity contribution in [2.45, 2.75) is 25.0 Å². The maximum atomic E-state index is 13.3. The minimum atomic E-state index is -0.724. The zero-order chi connectivity index (χ0) is 18.9. The molecule has 1 saturated heterocycles. The molecule has 1 aliphatic rings. The minimum Gasteiger partial charge on any atom is -0.389 e. The first-order chi connectivity index (χ1) is 12.4. The second-order valence-corrected chi connectivity index (χ2v) is 7.16. The number of halogens is 1. The first-order valence-electron chi connectivity index (χ1n) is 8.82. The molecule has 4 nitrogen and oxygen atoms in total. The van der Waals surface area contributed by atoms with Crippen molar-refractivity contribution in [3.63, 3.8) is 0 Å². The number of benzene rings is 2. The monoisotopic (exact) mass is 356 g/mol. The number of β-amino-alcohol motifs (C(OH)–C–C–N with tert-alkyl or cyclic N) is 1. The number of rotatable bonds is 3. The zero-order valence-electron chi connectivity index (χ0n) is 15.4. The fourth-order valence-electron chi connectivity index (χ4n) is 3.99. The van der Waals surface area contributed by atoms with E-state index >= 15 is 0 Å². The predicted molar refractivity (Wildman–Crippen MR) is 99.5 cm³/mol. The van der Waals surface area contributed by atoms with Gasteiger partial charge < -0.3 is 10.0 Å². The number of carbonyl (C=O) groups is 1. The summed E-state index contributed by atoms with van der Waals surface area (Å²) in [5.74, 6) is -0.518. The van der Waals surface area contributed by atoms with Crippen LogP contribution in [0.25, 0.3) is 0 Å². The molecule has 1 aliphatic heterocycles. The third-order valence-corrected chi connectivity index (χ3v) is 5.49. The number of carbonyl (C=O) groups excluding carboxylic acids is 1. The average molecular weight is 356 g/mol. The van der Waals surface area contributed by atoms with Gasteiger partial charge in [-0.15, -0.1) is 0 Å². The van der Waals surface area contributed by atoms with Crippen LogP contribution < -0.4 is 0 Å². The van der Waals surface area contributed by atoms with Crippen molar-refractivity contribution in [3.05, 3.63) is 71.0 Å². The zero-order valence-corrected chi connectivity index (χ0v) is 15.4. The van der Waals surface area contributed by atoms with Crippen LogP contribution in [0, 0.1) is 12.7 Å². The first-order valence-corrected chi connectivity index (χ1v) is 8.82. The molecule has 0 aliphatic carbocycles. The van der Waals surface area contributed by atoms with Crippen LogP contribution >= 0.6 is 0 Å². The van der Waals surface area contributed by atoms with Gasteiger partial charge in [-0.3, -0.25) is 9.69 Å². The van der Waals surface area contributed by atoms with Crippen molar-refractivity contribution >= 4 is 5.91 Å². The van der Waals surface area contributed by atoms with E-state index in [0.29, 0.717) is 24.1 Å². The Morgan fingerprint density at radius 3 is 2.50 bits per heavy atom. The lowest BCUT2D eigenvalue weighted by molar-refractivity contribution is -0.0612. The summed E-state index contributed by atoms with van der Waals surface area (Å²) in [4.78, 5) is 16.6. The van der Waals surface area contributed by atoms with Gasteiger partial charge >= 0.3 is 0 Å². The number of nitrogens with zero attached hydrogens (tertiary/aromatic N) is 2. The lowest BCUT2D eigenvalue weighted by atomic mass is 9.77. The molecule has 0 spiro atoms.